The van der Waals surface area contributed by atoms with Gasteiger partial charge in [-0.2, -0.15) is 0 Å². The maximum atomic E-state index is 13.3. The molecule has 2 N–H and O–H groups in total. The van der Waals surface area contributed by atoms with Crippen LogP contribution in [0.1, 0.15) is 21.5 Å². The number of hydrogen-bond acceptors (Lipinski definition) is 3. The minimum Gasteiger partial charge on any atom is -0.349 e. The molecule has 0 radical (unpaired) electrons. The fourth-order valence-electron chi connectivity index (χ4n) is 2.83. The zero-order valence-corrected chi connectivity index (χ0v) is 17.9. The minimum atomic E-state index is -0.773. The molecule has 0 aliphatic heterocycles. The van der Waals surface area contributed by atoms with Crippen LogP contribution >= 0.6 is 24.4 Å². The van der Waals surface area contributed by atoms with Gasteiger partial charge in [0.2, 0.25) is 0 Å². The first-order chi connectivity index (χ1) is 13.9. The highest BCUT2D eigenvalue weighted by molar-refractivity contribution is 7.82. The van der Waals surface area contributed by atoms with Crippen molar-refractivity contribution in [2.75, 3.05) is 10.6 Å². The van der Waals surface area contributed by atoms with Crippen LogP contribution in [-0.4, -0.2) is 15.8 Å². The Kier molecular flexibility index (Phi) is 6.86. The molecule has 0 spiro atoms. The number of rotatable bonds is 6. The molecule has 0 unspecified atom stereocenters. The first-order valence-electron chi connectivity index (χ1n) is 9.28. The number of anilines is 2. The highest BCUT2D eigenvalue weighted by Gasteiger charge is 2.29. The maximum absolute atomic E-state index is 13.3. The van der Waals surface area contributed by atoms with Crippen molar-refractivity contribution in [3.8, 4) is 0 Å². The first-order valence-corrected chi connectivity index (χ1v) is 10.1. The molecule has 0 bridgehead atoms. The van der Waals surface area contributed by atoms with Gasteiger partial charge in [-0.15, -0.1) is 0 Å². The van der Waals surface area contributed by atoms with Crippen molar-refractivity contribution in [1.29, 1.82) is 0 Å². The van der Waals surface area contributed by atoms with Crippen molar-refractivity contribution in [2.24, 2.45) is 5.92 Å². The van der Waals surface area contributed by atoms with Gasteiger partial charge in [0.25, 0.3) is 0 Å². The molecule has 0 heterocycles. The van der Waals surface area contributed by atoms with Crippen LogP contribution in [0.2, 0.25) is 0 Å². The molecule has 0 fully saturated rings. The predicted octanol–water partition coefficient (Wildman–Crippen LogP) is 5.98. The number of aryl methyl sites for hydroxylation is 2. The lowest BCUT2D eigenvalue weighted by molar-refractivity contribution is 0.0980. The van der Waals surface area contributed by atoms with Gasteiger partial charge in [0.15, 0.2) is 5.78 Å². The standard InChI is InChI=1S/C24H22N2OS2/c1-16-8-12-19(13-9-16)25-23(28)21(22(27)18-6-4-3-5-7-18)24(29)26-20-14-10-17(2)11-15-20/h3-15,21H,1-2H3,(H,25,28)(H,26,29). The Morgan fingerprint density at radius 2 is 1.10 bits per heavy atom. The Bertz CT molecular complexity index is 954. The summed E-state index contributed by atoms with van der Waals surface area (Å²) in [5.41, 5.74) is 4.51. The van der Waals surface area contributed by atoms with Gasteiger partial charge in [0.1, 0.15) is 5.92 Å². The van der Waals surface area contributed by atoms with E-state index in [-0.39, 0.29) is 5.78 Å². The molecule has 3 nitrogen and oxygen atoms in total. The SMILES string of the molecule is Cc1ccc(NC(=S)C(C(=O)c2ccccc2)C(=S)Nc2ccc(C)cc2)cc1. The zero-order chi connectivity index (χ0) is 20.8. The molecule has 0 saturated heterocycles. The van der Waals surface area contributed by atoms with E-state index in [4.69, 9.17) is 24.4 Å². The van der Waals surface area contributed by atoms with E-state index in [1.54, 1.807) is 12.1 Å². The number of ketones is 1. The van der Waals surface area contributed by atoms with Crippen molar-refractivity contribution in [3.05, 3.63) is 95.6 Å². The quantitative estimate of drug-likeness (QED) is 0.381. The number of carbonyl (C=O) groups excluding carboxylic acids is 1. The van der Waals surface area contributed by atoms with Crippen molar-refractivity contribution in [2.45, 2.75) is 13.8 Å². The highest BCUT2D eigenvalue weighted by Crippen LogP contribution is 2.19. The minimum absolute atomic E-state index is 0.139. The highest BCUT2D eigenvalue weighted by atomic mass is 32.1. The van der Waals surface area contributed by atoms with Crippen LogP contribution in [-0.2, 0) is 0 Å². The van der Waals surface area contributed by atoms with E-state index >= 15 is 0 Å². The van der Waals surface area contributed by atoms with E-state index in [2.05, 4.69) is 10.6 Å². The van der Waals surface area contributed by atoms with Crippen molar-refractivity contribution in [1.82, 2.24) is 0 Å². The van der Waals surface area contributed by atoms with Crippen molar-refractivity contribution in [3.63, 3.8) is 0 Å². The monoisotopic (exact) mass is 418 g/mol. The second kappa shape index (κ2) is 9.54. The first kappa shape index (κ1) is 20.8. The third-order valence-corrected chi connectivity index (χ3v) is 5.16. The zero-order valence-electron chi connectivity index (χ0n) is 16.3. The van der Waals surface area contributed by atoms with Crippen molar-refractivity contribution < 1.29 is 4.79 Å². The van der Waals surface area contributed by atoms with Gasteiger partial charge in [-0.3, -0.25) is 4.79 Å². The Balaban J connectivity index is 1.86. The second-order valence-corrected chi connectivity index (χ2v) is 7.75. The molecule has 0 aliphatic carbocycles. The molecule has 3 aromatic carbocycles. The van der Waals surface area contributed by atoms with E-state index in [9.17, 15) is 4.79 Å². The smallest absolute Gasteiger partial charge is 0.179 e. The van der Waals surface area contributed by atoms with Gasteiger partial charge in [0, 0.05) is 16.9 Å². The summed E-state index contributed by atoms with van der Waals surface area (Å²) in [6, 6.07) is 24.8. The largest absolute Gasteiger partial charge is 0.349 e. The van der Waals surface area contributed by atoms with E-state index in [1.165, 1.54) is 0 Å². The summed E-state index contributed by atoms with van der Waals surface area (Å²) < 4.78 is 0. The van der Waals surface area contributed by atoms with Gasteiger partial charge in [-0.1, -0.05) is 90.2 Å². The molecule has 5 heteroatoms. The number of nitrogens with one attached hydrogen (secondary N) is 2. The van der Waals surface area contributed by atoms with Crippen molar-refractivity contribution >= 4 is 51.6 Å². The summed E-state index contributed by atoms with van der Waals surface area (Å²) in [5, 5.41) is 6.36. The molecule has 0 aromatic heterocycles. The molecule has 146 valence electrons. The molecular formula is C24H22N2OS2. The van der Waals surface area contributed by atoms with Crippen LogP contribution in [0.15, 0.2) is 78.9 Å². The number of thiocarbonyl (C=S) groups is 2. The number of Topliss-reactive ketones (excluding diaryl/α,β-unsaturated/α-hetero) is 1. The second-order valence-electron chi connectivity index (χ2n) is 6.87. The van der Waals surface area contributed by atoms with E-state index in [0.717, 1.165) is 22.5 Å². The molecule has 0 amide bonds. The molecule has 3 aromatic rings. The summed E-state index contributed by atoms with van der Waals surface area (Å²) in [6.07, 6.45) is 0. The van der Waals surface area contributed by atoms with Gasteiger partial charge >= 0.3 is 0 Å². The summed E-state index contributed by atoms with van der Waals surface area (Å²) in [7, 11) is 0. The fourth-order valence-corrected chi connectivity index (χ4v) is 3.59. The lowest BCUT2D eigenvalue weighted by Crippen LogP contribution is -2.37. The summed E-state index contributed by atoms with van der Waals surface area (Å²) in [5.74, 6) is -0.912. The Hall–Kier alpha value is -2.89. The van der Waals surface area contributed by atoms with E-state index in [1.807, 2.05) is 80.6 Å². The summed E-state index contributed by atoms with van der Waals surface area (Å²) in [4.78, 5) is 14.0. The van der Waals surface area contributed by atoms with Crippen LogP contribution in [0.4, 0.5) is 11.4 Å². The predicted molar refractivity (Wildman–Crippen MR) is 129 cm³/mol. The van der Waals surface area contributed by atoms with Gasteiger partial charge < -0.3 is 10.6 Å². The van der Waals surface area contributed by atoms with E-state index in [0.29, 0.717) is 15.5 Å². The average Bonchev–Trinajstić information content (AvgIpc) is 2.72. The normalized spacial score (nSPS) is 10.4. The number of benzene rings is 3. The van der Waals surface area contributed by atoms with Crippen LogP contribution in [0.5, 0.6) is 0 Å². The third kappa shape index (κ3) is 5.56. The third-order valence-electron chi connectivity index (χ3n) is 4.48. The van der Waals surface area contributed by atoms with Gasteiger partial charge in [0.05, 0.1) is 9.98 Å². The average molecular weight is 419 g/mol. The molecule has 3 rings (SSSR count). The lowest BCUT2D eigenvalue weighted by Gasteiger charge is -2.21. The fraction of sp³-hybridized carbons (Fsp3) is 0.125. The molecule has 0 atom stereocenters. The van der Waals surface area contributed by atoms with E-state index < -0.39 is 5.92 Å². The number of carbonyl (C=O) groups is 1. The van der Waals surface area contributed by atoms with Crippen LogP contribution in [0, 0.1) is 19.8 Å². The lowest BCUT2D eigenvalue weighted by atomic mass is 9.96. The molecule has 0 aliphatic rings. The van der Waals surface area contributed by atoms with Crippen LogP contribution in [0.3, 0.4) is 0 Å². The summed E-state index contributed by atoms with van der Waals surface area (Å²) in [6.45, 7) is 4.04. The topological polar surface area (TPSA) is 41.1 Å². The van der Waals surface area contributed by atoms with Crippen LogP contribution in [0.25, 0.3) is 0 Å². The van der Waals surface area contributed by atoms with Crippen LogP contribution < -0.4 is 10.6 Å². The Labute approximate surface area is 182 Å². The Morgan fingerprint density at radius 3 is 1.52 bits per heavy atom. The molecule has 0 saturated carbocycles. The summed E-state index contributed by atoms with van der Waals surface area (Å²) >= 11 is 11.2. The molecule has 29 heavy (non-hydrogen) atoms. The van der Waals surface area contributed by atoms with Gasteiger partial charge in [-0.25, -0.2) is 0 Å². The number of hydrogen-bond donors (Lipinski definition) is 2. The molecular weight excluding hydrogens is 396 g/mol. The van der Waals surface area contributed by atoms with Gasteiger partial charge in [-0.05, 0) is 38.1 Å². The maximum Gasteiger partial charge on any atom is 0.179 e. The Morgan fingerprint density at radius 1 is 0.690 bits per heavy atom.